The van der Waals surface area contributed by atoms with Crippen LogP contribution in [0.4, 0.5) is 0 Å². The third-order valence-electron chi connectivity index (χ3n) is 3.88. The van der Waals surface area contributed by atoms with Gasteiger partial charge >= 0.3 is 0 Å². The number of benzene rings is 1. The Morgan fingerprint density at radius 2 is 2.05 bits per heavy atom. The molecule has 0 radical (unpaired) electrons. The van der Waals surface area contributed by atoms with Crippen molar-refractivity contribution in [3.05, 3.63) is 35.9 Å². The van der Waals surface area contributed by atoms with Gasteiger partial charge in [0.25, 0.3) is 0 Å². The summed E-state index contributed by atoms with van der Waals surface area (Å²) in [5.74, 6) is 0. The van der Waals surface area contributed by atoms with Crippen LogP contribution in [0.15, 0.2) is 30.3 Å². The van der Waals surface area contributed by atoms with Gasteiger partial charge in [0.05, 0.1) is 12.7 Å². The van der Waals surface area contributed by atoms with Crippen molar-refractivity contribution in [3.63, 3.8) is 0 Å². The fraction of sp³-hybridized carbons (Fsp3) is 0.625. The van der Waals surface area contributed by atoms with E-state index in [0.29, 0.717) is 25.6 Å². The fourth-order valence-corrected chi connectivity index (χ4v) is 2.47. The third kappa shape index (κ3) is 4.87. The van der Waals surface area contributed by atoms with Crippen LogP contribution in [-0.4, -0.2) is 55.0 Å². The van der Waals surface area contributed by atoms with Gasteiger partial charge in [0.1, 0.15) is 0 Å². The largest absolute Gasteiger partial charge is 0.390 e. The highest BCUT2D eigenvalue weighted by molar-refractivity contribution is 5.16. The lowest BCUT2D eigenvalue weighted by Gasteiger charge is -2.27. The summed E-state index contributed by atoms with van der Waals surface area (Å²) in [4.78, 5) is 2.30. The fourth-order valence-electron chi connectivity index (χ4n) is 2.47. The van der Waals surface area contributed by atoms with Gasteiger partial charge in [-0.2, -0.15) is 0 Å². The van der Waals surface area contributed by atoms with Crippen LogP contribution >= 0.6 is 0 Å². The summed E-state index contributed by atoms with van der Waals surface area (Å²) in [6, 6.07) is 10.5. The molecule has 20 heavy (non-hydrogen) atoms. The van der Waals surface area contributed by atoms with E-state index in [2.05, 4.69) is 17.0 Å². The Labute approximate surface area is 121 Å². The van der Waals surface area contributed by atoms with Gasteiger partial charge in [0.2, 0.25) is 0 Å². The van der Waals surface area contributed by atoms with Gasteiger partial charge < -0.3 is 15.6 Å². The van der Waals surface area contributed by atoms with E-state index in [-0.39, 0.29) is 6.04 Å². The molecule has 1 fully saturated rings. The van der Waals surface area contributed by atoms with Gasteiger partial charge in [-0.1, -0.05) is 30.3 Å². The van der Waals surface area contributed by atoms with Gasteiger partial charge in [-0.25, -0.2) is 0 Å². The van der Waals surface area contributed by atoms with Crippen LogP contribution in [0.25, 0.3) is 0 Å². The molecule has 0 spiro atoms. The summed E-state index contributed by atoms with van der Waals surface area (Å²) in [5, 5.41) is 10.3. The number of nitrogens with zero attached hydrogens (tertiary/aromatic N) is 1. The Bertz CT molecular complexity index is 381. The average Bonchev–Trinajstić information content (AvgIpc) is 3.28. The van der Waals surface area contributed by atoms with Crippen LogP contribution in [-0.2, 0) is 11.2 Å². The maximum Gasteiger partial charge on any atom is 0.0821 e. The summed E-state index contributed by atoms with van der Waals surface area (Å²) in [5.41, 5.74) is 7.31. The van der Waals surface area contributed by atoms with Crippen LogP contribution < -0.4 is 5.73 Å². The van der Waals surface area contributed by atoms with Crippen LogP contribution in [0.1, 0.15) is 18.4 Å². The number of hydrogen-bond donors (Lipinski definition) is 2. The molecule has 0 saturated heterocycles. The maximum absolute atomic E-state index is 10.3. The van der Waals surface area contributed by atoms with E-state index in [1.165, 1.54) is 18.4 Å². The molecule has 0 aliphatic heterocycles. The molecule has 3 N–H and O–H groups in total. The summed E-state index contributed by atoms with van der Waals surface area (Å²) in [7, 11) is 1.71. The van der Waals surface area contributed by atoms with Crippen LogP contribution in [0.5, 0.6) is 0 Å². The molecule has 4 nitrogen and oxygen atoms in total. The lowest BCUT2D eigenvalue weighted by molar-refractivity contribution is 0.0700. The van der Waals surface area contributed by atoms with Crippen molar-refractivity contribution in [2.45, 2.75) is 37.5 Å². The summed E-state index contributed by atoms with van der Waals surface area (Å²) in [6.07, 6.45) is 2.67. The van der Waals surface area contributed by atoms with E-state index < -0.39 is 6.10 Å². The molecule has 1 aliphatic carbocycles. The van der Waals surface area contributed by atoms with E-state index in [4.69, 9.17) is 10.5 Å². The minimum atomic E-state index is -0.493. The molecule has 2 unspecified atom stereocenters. The van der Waals surface area contributed by atoms with Crippen LogP contribution in [0, 0.1) is 0 Å². The van der Waals surface area contributed by atoms with E-state index in [1.54, 1.807) is 7.11 Å². The van der Waals surface area contributed by atoms with Gasteiger partial charge in [0, 0.05) is 32.3 Å². The van der Waals surface area contributed by atoms with Crippen molar-refractivity contribution < 1.29 is 9.84 Å². The van der Waals surface area contributed by atoms with Gasteiger partial charge in [-0.15, -0.1) is 0 Å². The molecule has 1 saturated carbocycles. The maximum atomic E-state index is 10.3. The molecule has 1 aromatic carbocycles. The molecule has 0 heterocycles. The number of ether oxygens (including phenoxy) is 1. The molecule has 4 heteroatoms. The molecular formula is C16H26N2O2. The lowest BCUT2D eigenvalue weighted by Crippen LogP contribution is -2.46. The van der Waals surface area contributed by atoms with Crippen molar-refractivity contribution in [1.29, 1.82) is 0 Å². The highest BCUT2D eigenvalue weighted by Crippen LogP contribution is 2.26. The van der Waals surface area contributed by atoms with E-state index >= 15 is 0 Å². The van der Waals surface area contributed by atoms with E-state index in [1.807, 2.05) is 18.2 Å². The second-order valence-electron chi connectivity index (χ2n) is 5.64. The highest BCUT2D eigenvalue weighted by atomic mass is 16.5. The first kappa shape index (κ1) is 15.4. The number of aliphatic hydroxyl groups is 1. The zero-order valence-electron chi connectivity index (χ0n) is 12.2. The molecule has 2 atom stereocenters. The minimum absolute atomic E-state index is 0.221. The topological polar surface area (TPSA) is 58.7 Å². The quantitative estimate of drug-likeness (QED) is 0.708. The number of rotatable bonds is 9. The smallest absolute Gasteiger partial charge is 0.0821 e. The summed E-state index contributed by atoms with van der Waals surface area (Å²) >= 11 is 0. The number of methoxy groups -OCH3 is 1. The van der Waals surface area contributed by atoms with Crippen molar-refractivity contribution in [2.75, 3.05) is 26.8 Å². The molecule has 1 aromatic rings. The van der Waals surface area contributed by atoms with Gasteiger partial charge in [0.15, 0.2) is 0 Å². The third-order valence-corrected chi connectivity index (χ3v) is 3.88. The SMILES string of the molecule is COCCN(CC(O)C(N)Cc1ccccc1)C1CC1. The monoisotopic (exact) mass is 278 g/mol. The molecule has 1 aliphatic rings. The van der Waals surface area contributed by atoms with Crippen LogP contribution in [0.3, 0.4) is 0 Å². The van der Waals surface area contributed by atoms with Gasteiger partial charge in [-0.05, 0) is 24.8 Å². The second-order valence-corrected chi connectivity index (χ2v) is 5.64. The standard InChI is InChI=1S/C16H26N2O2/c1-20-10-9-18(14-7-8-14)12-16(19)15(17)11-13-5-3-2-4-6-13/h2-6,14-16,19H,7-12,17H2,1H3. The molecule has 0 bridgehead atoms. The second kappa shape index (κ2) is 7.74. The molecular weight excluding hydrogens is 252 g/mol. The first-order valence-electron chi connectivity index (χ1n) is 7.41. The molecule has 0 amide bonds. The predicted octanol–water partition coefficient (Wildman–Crippen LogP) is 1.03. The molecule has 112 valence electrons. The predicted molar refractivity (Wildman–Crippen MR) is 80.6 cm³/mol. The van der Waals surface area contributed by atoms with Crippen molar-refractivity contribution in [1.82, 2.24) is 4.90 Å². The Morgan fingerprint density at radius 3 is 2.65 bits per heavy atom. The van der Waals surface area contributed by atoms with Crippen molar-refractivity contribution in [2.24, 2.45) is 5.73 Å². The van der Waals surface area contributed by atoms with E-state index in [0.717, 1.165) is 6.54 Å². The molecule has 2 rings (SSSR count). The number of aliphatic hydroxyl groups excluding tert-OH is 1. The minimum Gasteiger partial charge on any atom is -0.390 e. The van der Waals surface area contributed by atoms with E-state index in [9.17, 15) is 5.11 Å². The summed E-state index contributed by atoms with van der Waals surface area (Å²) < 4.78 is 5.13. The Morgan fingerprint density at radius 1 is 1.35 bits per heavy atom. The number of hydrogen-bond acceptors (Lipinski definition) is 4. The highest BCUT2D eigenvalue weighted by Gasteiger charge is 2.31. The number of nitrogens with two attached hydrogens (primary N) is 1. The summed E-state index contributed by atoms with van der Waals surface area (Å²) in [6.45, 7) is 2.22. The Hall–Kier alpha value is -0.940. The first-order chi connectivity index (χ1) is 9.70. The Kier molecular flexibility index (Phi) is 5.98. The molecule has 0 aromatic heterocycles. The lowest BCUT2D eigenvalue weighted by atomic mass is 10.0. The Balaban J connectivity index is 1.81. The van der Waals surface area contributed by atoms with Gasteiger partial charge in [-0.3, -0.25) is 4.90 Å². The van der Waals surface area contributed by atoms with Crippen molar-refractivity contribution in [3.8, 4) is 0 Å². The zero-order chi connectivity index (χ0) is 14.4. The van der Waals surface area contributed by atoms with Crippen molar-refractivity contribution >= 4 is 0 Å². The first-order valence-corrected chi connectivity index (χ1v) is 7.41. The normalized spacial score (nSPS) is 18.2. The zero-order valence-corrected chi connectivity index (χ0v) is 12.2. The average molecular weight is 278 g/mol. The van der Waals surface area contributed by atoms with Crippen LogP contribution in [0.2, 0.25) is 0 Å².